The molecule has 1 aromatic carbocycles. The number of carbonyl (C=O) groups excluding carboxylic acids is 1. The number of nitriles is 1. The van der Waals surface area contributed by atoms with E-state index in [4.69, 9.17) is 5.26 Å². The number of halogens is 2. The highest BCUT2D eigenvalue weighted by Gasteiger charge is 2.38. The zero-order chi connectivity index (χ0) is 25.6. The molecule has 2 aliphatic carbocycles. The molecule has 0 spiro atoms. The topological polar surface area (TPSA) is 140 Å². The summed E-state index contributed by atoms with van der Waals surface area (Å²) in [5, 5.41) is 16.2. The first-order valence-corrected chi connectivity index (χ1v) is 13.5. The fourth-order valence-corrected chi connectivity index (χ4v) is 6.03. The summed E-state index contributed by atoms with van der Waals surface area (Å²) in [7, 11) is -3.77. The summed E-state index contributed by atoms with van der Waals surface area (Å²) in [4.78, 5) is 22.1. The molecular formula is C22H20F2N6O4S2. The lowest BCUT2D eigenvalue weighted by molar-refractivity contribution is -0.0500. The lowest BCUT2D eigenvalue weighted by Gasteiger charge is -2.15. The zero-order valence-electron chi connectivity index (χ0n) is 18.9. The molecule has 0 unspecified atom stereocenters. The first-order chi connectivity index (χ1) is 17.2. The van der Waals surface area contributed by atoms with Crippen LogP contribution >= 0.6 is 11.3 Å². The van der Waals surface area contributed by atoms with Crippen molar-refractivity contribution in [3.63, 3.8) is 0 Å². The number of thiazole rings is 1. The van der Waals surface area contributed by atoms with E-state index in [1.54, 1.807) is 6.92 Å². The molecule has 1 amide bonds. The molecule has 14 heteroatoms. The maximum atomic E-state index is 13.1. The van der Waals surface area contributed by atoms with Crippen molar-refractivity contribution in [3.05, 3.63) is 46.5 Å². The number of rotatable bonds is 9. The van der Waals surface area contributed by atoms with Crippen molar-refractivity contribution in [2.45, 2.75) is 61.3 Å². The molecule has 2 saturated carbocycles. The molecule has 36 heavy (non-hydrogen) atoms. The highest BCUT2D eigenvalue weighted by molar-refractivity contribution is 7.92. The molecule has 10 nitrogen and oxygen atoms in total. The second-order valence-corrected chi connectivity index (χ2v) is 11.9. The predicted octanol–water partition coefficient (Wildman–Crippen LogP) is 3.50. The minimum atomic E-state index is -3.77. The van der Waals surface area contributed by atoms with Gasteiger partial charge < -0.3 is 10.1 Å². The molecule has 2 heterocycles. The van der Waals surface area contributed by atoms with E-state index in [0.717, 1.165) is 42.4 Å². The number of aromatic nitrogens is 4. The van der Waals surface area contributed by atoms with Crippen molar-refractivity contribution in [1.82, 2.24) is 25.1 Å². The van der Waals surface area contributed by atoms with Gasteiger partial charge in [-0.05, 0) is 50.8 Å². The number of alkyl halides is 2. The fourth-order valence-electron chi connectivity index (χ4n) is 3.64. The van der Waals surface area contributed by atoms with Crippen LogP contribution in [-0.4, -0.2) is 45.9 Å². The number of carbonyl (C=O) groups is 1. The second kappa shape index (κ2) is 9.21. The summed E-state index contributed by atoms with van der Waals surface area (Å²) in [6.45, 7) is -1.52. The normalized spacial score (nSPS) is 16.5. The van der Waals surface area contributed by atoms with Crippen LogP contribution in [0.3, 0.4) is 0 Å². The van der Waals surface area contributed by atoms with Gasteiger partial charge in [0.05, 0.1) is 22.4 Å². The number of nitrogens with zero attached hydrogens (tertiary/aromatic N) is 5. The number of amides is 1. The molecule has 188 valence electrons. The molecule has 0 radical (unpaired) electrons. The quantitative estimate of drug-likeness (QED) is 0.440. The van der Waals surface area contributed by atoms with Gasteiger partial charge in [0.15, 0.2) is 21.5 Å². The molecule has 2 aromatic heterocycles. The van der Waals surface area contributed by atoms with Crippen LogP contribution in [-0.2, 0) is 9.84 Å². The Labute approximate surface area is 208 Å². The van der Waals surface area contributed by atoms with Crippen LogP contribution in [0.2, 0.25) is 0 Å². The summed E-state index contributed by atoms with van der Waals surface area (Å²) in [5.41, 5.74) is -0.145. The van der Waals surface area contributed by atoms with Crippen LogP contribution in [0.1, 0.15) is 71.5 Å². The first kappa shape index (κ1) is 24.3. The highest BCUT2D eigenvalue weighted by Crippen LogP contribution is 2.39. The van der Waals surface area contributed by atoms with Gasteiger partial charge in [-0.1, -0.05) is 11.3 Å². The SMILES string of the molecule is C[C@H](NC(=O)c1cc(OC(F)F)cc(S(=O)(=O)C2CC2)c1)c1nc(C2CC2)nn1-c1ncc(C#N)s1. The standard InChI is InChI=1S/C22H20F2N6O4S2/c1-11(19-28-18(12-2-3-12)29-30(19)22-26-10-15(9-25)35-22)27-20(31)13-6-14(34-21(23)24)8-17(7-13)36(32,33)16-4-5-16/h6-8,10-12,16,21H,2-5H2,1H3,(H,27,31)/t11-/m0/s1. The summed E-state index contributed by atoms with van der Waals surface area (Å²) in [6.07, 6.45) is 4.26. The van der Waals surface area contributed by atoms with Gasteiger partial charge in [-0.15, -0.1) is 5.10 Å². The number of benzene rings is 1. The average Bonchev–Trinajstić information content (AvgIpc) is 3.77. The van der Waals surface area contributed by atoms with Gasteiger partial charge in [0.2, 0.25) is 5.13 Å². The largest absolute Gasteiger partial charge is 0.435 e. The van der Waals surface area contributed by atoms with E-state index in [9.17, 15) is 22.0 Å². The van der Waals surface area contributed by atoms with Crippen molar-refractivity contribution in [1.29, 1.82) is 5.26 Å². The minimum absolute atomic E-state index is 0.145. The van der Waals surface area contributed by atoms with Crippen LogP contribution < -0.4 is 10.1 Å². The van der Waals surface area contributed by atoms with Gasteiger partial charge in [-0.3, -0.25) is 4.79 Å². The Balaban J connectivity index is 1.45. The molecule has 0 bridgehead atoms. The summed E-state index contributed by atoms with van der Waals surface area (Å²) in [5.74, 6) is 0.0610. The molecule has 5 rings (SSSR count). The van der Waals surface area contributed by atoms with Crippen molar-refractivity contribution >= 4 is 27.1 Å². The van der Waals surface area contributed by atoms with Crippen LogP contribution in [0.5, 0.6) is 5.75 Å². The Bertz CT molecular complexity index is 1470. The number of hydrogen-bond acceptors (Lipinski definition) is 9. The van der Waals surface area contributed by atoms with E-state index in [1.165, 1.54) is 10.9 Å². The number of hydrogen-bond donors (Lipinski definition) is 1. The summed E-state index contributed by atoms with van der Waals surface area (Å²) < 4.78 is 57.1. The summed E-state index contributed by atoms with van der Waals surface area (Å²) in [6, 6.07) is 4.55. The van der Waals surface area contributed by atoms with Crippen LogP contribution in [0.25, 0.3) is 5.13 Å². The predicted molar refractivity (Wildman–Crippen MR) is 123 cm³/mol. The van der Waals surface area contributed by atoms with Gasteiger partial charge in [0.1, 0.15) is 16.7 Å². The zero-order valence-corrected chi connectivity index (χ0v) is 20.5. The maximum absolute atomic E-state index is 13.1. The van der Waals surface area contributed by atoms with Gasteiger partial charge in [-0.2, -0.15) is 18.7 Å². The monoisotopic (exact) mass is 534 g/mol. The van der Waals surface area contributed by atoms with Crippen LogP contribution in [0, 0.1) is 11.3 Å². The van der Waals surface area contributed by atoms with Crippen LogP contribution in [0.4, 0.5) is 8.78 Å². The number of ether oxygens (including phenoxy) is 1. The van der Waals surface area contributed by atoms with E-state index in [0.29, 0.717) is 34.5 Å². The Morgan fingerprint density at radius 2 is 2.03 bits per heavy atom. The van der Waals surface area contributed by atoms with Gasteiger partial charge in [0.25, 0.3) is 5.91 Å². The lowest BCUT2D eigenvalue weighted by Crippen LogP contribution is -2.29. The maximum Gasteiger partial charge on any atom is 0.387 e. The Hall–Kier alpha value is -3.44. The molecule has 2 fully saturated rings. The van der Waals surface area contributed by atoms with E-state index in [-0.39, 0.29) is 16.4 Å². The number of nitrogens with one attached hydrogen (secondary N) is 1. The van der Waals surface area contributed by atoms with E-state index in [2.05, 4.69) is 25.1 Å². The van der Waals surface area contributed by atoms with Gasteiger partial charge >= 0.3 is 6.61 Å². The third-order valence-electron chi connectivity index (χ3n) is 5.77. The molecular weight excluding hydrogens is 514 g/mol. The molecule has 0 saturated heterocycles. The molecule has 3 aromatic rings. The molecule has 1 atom stereocenters. The van der Waals surface area contributed by atoms with Crippen molar-refractivity contribution in [2.75, 3.05) is 0 Å². The van der Waals surface area contributed by atoms with Crippen molar-refractivity contribution in [2.24, 2.45) is 0 Å². The highest BCUT2D eigenvalue weighted by atomic mass is 32.2. The van der Waals surface area contributed by atoms with E-state index in [1.807, 2.05) is 6.07 Å². The van der Waals surface area contributed by atoms with Crippen molar-refractivity contribution < 1.29 is 26.7 Å². The first-order valence-electron chi connectivity index (χ1n) is 11.1. The molecule has 0 aliphatic heterocycles. The van der Waals surface area contributed by atoms with Gasteiger partial charge in [-0.25, -0.2) is 18.4 Å². The third kappa shape index (κ3) is 4.93. The van der Waals surface area contributed by atoms with Gasteiger partial charge in [0, 0.05) is 11.5 Å². The summed E-state index contributed by atoms with van der Waals surface area (Å²) >= 11 is 1.12. The Morgan fingerprint density at radius 3 is 2.64 bits per heavy atom. The molecule has 1 N–H and O–H groups in total. The lowest BCUT2D eigenvalue weighted by atomic mass is 10.2. The average molecular weight is 535 g/mol. The minimum Gasteiger partial charge on any atom is -0.435 e. The van der Waals surface area contributed by atoms with Crippen molar-refractivity contribution in [3.8, 4) is 17.0 Å². The Kier molecular flexibility index (Phi) is 6.21. The smallest absolute Gasteiger partial charge is 0.387 e. The third-order valence-corrected chi connectivity index (χ3v) is 8.89. The Morgan fingerprint density at radius 1 is 1.28 bits per heavy atom. The fraction of sp³-hybridized carbons (Fsp3) is 0.409. The van der Waals surface area contributed by atoms with E-state index >= 15 is 0 Å². The molecule has 2 aliphatic rings. The van der Waals surface area contributed by atoms with Crippen LogP contribution in [0.15, 0.2) is 29.3 Å². The second-order valence-electron chi connectivity index (χ2n) is 8.64. The number of sulfone groups is 1. The van der Waals surface area contributed by atoms with E-state index < -0.39 is 39.4 Å².